The first kappa shape index (κ1) is 10.7. The molecule has 0 aliphatic rings. The number of nitrogens with two attached hydrogens (primary N) is 1. The maximum Gasteiger partial charge on any atom is 0.137 e. The fraction of sp³-hybridized carbons (Fsp3) is 0.200. The van der Waals surface area contributed by atoms with Gasteiger partial charge in [-0.2, -0.15) is 5.10 Å². The molecule has 0 spiro atoms. The third kappa shape index (κ3) is 2.06. The molecule has 1 atom stereocenters. The molecule has 1 aromatic heterocycles. The normalized spacial score (nSPS) is 12.7. The minimum Gasteiger partial charge on any atom is -0.322 e. The summed E-state index contributed by atoms with van der Waals surface area (Å²) >= 11 is 0. The maximum atomic E-state index is 13.4. The molecule has 1 unspecified atom stereocenters. The smallest absolute Gasteiger partial charge is 0.137 e. The molecular formula is C10H10F2N4. The van der Waals surface area contributed by atoms with Gasteiger partial charge in [-0.25, -0.2) is 13.8 Å². The van der Waals surface area contributed by atoms with Crippen LogP contribution < -0.4 is 5.73 Å². The molecule has 6 heteroatoms. The van der Waals surface area contributed by atoms with E-state index in [1.54, 1.807) is 0 Å². The predicted octanol–water partition coefficient (Wildman–Crippen LogP) is 1.26. The molecule has 2 aromatic rings. The molecule has 4 nitrogen and oxygen atoms in total. The summed E-state index contributed by atoms with van der Waals surface area (Å²) in [5, 5.41) is 3.82. The van der Waals surface area contributed by atoms with Crippen LogP contribution in [-0.4, -0.2) is 14.8 Å². The third-order valence-electron chi connectivity index (χ3n) is 2.22. The number of benzene rings is 1. The zero-order valence-electron chi connectivity index (χ0n) is 8.35. The molecule has 84 valence electrons. The average molecular weight is 224 g/mol. The zero-order chi connectivity index (χ0) is 11.5. The van der Waals surface area contributed by atoms with Crippen LogP contribution in [0, 0.1) is 11.6 Å². The number of rotatable bonds is 3. The van der Waals surface area contributed by atoms with Crippen molar-refractivity contribution in [2.75, 3.05) is 0 Å². The lowest BCUT2D eigenvalue weighted by atomic mass is 10.1. The highest BCUT2D eigenvalue weighted by Crippen LogP contribution is 2.19. The summed E-state index contributed by atoms with van der Waals surface area (Å²) in [6.07, 6.45) is 2.78. The van der Waals surface area contributed by atoms with Gasteiger partial charge in [0.05, 0.1) is 12.6 Å². The van der Waals surface area contributed by atoms with Crippen LogP contribution in [0.15, 0.2) is 30.9 Å². The van der Waals surface area contributed by atoms with Crippen molar-refractivity contribution in [3.8, 4) is 0 Å². The van der Waals surface area contributed by atoms with Crippen molar-refractivity contribution in [3.05, 3.63) is 48.1 Å². The number of aromatic nitrogens is 3. The Bertz CT molecular complexity index is 449. The number of hydrogen-bond donors (Lipinski definition) is 1. The van der Waals surface area contributed by atoms with Crippen molar-refractivity contribution < 1.29 is 8.78 Å². The van der Waals surface area contributed by atoms with Gasteiger partial charge in [0.25, 0.3) is 0 Å². The van der Waals surface area contributed by atoms with Crippen LogP contribution in [0.2, 0.25) is 0 Å². The van der Waals surface area contributed by atoms with E-state index in [2.05, 4.69) is 10.1 Å². The van der Waals surface area contributed by atoms with Gasteiger partial charge < -0.3 is 5.73 Å². The molecule has 0 saturated carbocycles. The Morgan fingerprint density at radius 1 is 1.31 bits per heavy atom. The molecule has 0 saturated heterocycles. The van der Waals surface area contributed by atoms with Gasteiger partial charge in [-0.15, -0.1) is 0 Å². The lowest BCUT2D eigenvalue weighted by Gasteiger charge is -2.13. The van der Waals surface area contributed by atoms with E-state index in [4.69, 9.17) is 5.73 Å². The minimum absolute atomic E-state index is 0.127. The highest BCUT2D eigenvalue weighted by atomic mass is 19.1. The Labute approximate surface area is 90.7 Å². The second-order valence-electron chi connectivity index (χ2n) is 3.36. The number of halogens is 2. The van der Waals surface area contributed by atoms with Gasteiger partial charge in [0, 0.05) is 5.56 Å². The first-order valence-electron chi connectivity index (χ1n) is 4.70. The van der Waals surface area contributed by atoms with Crippen LogP contribution >= 0.6 is 0 Å². The van der Waals surface area contributed by atoms with Gasteiger partial charge in [-0.1, -0.05) is 6.07 Å². The van der Waals surface area contributed by atoms with Crippen molar-refractivity contribution >= 4 is 0 Å². The molecule has 16 heavy (non-hydrogen) atoms. The number of hydrogen-bond acceptors (Lipinski definition) is 3. The molecule has 1 aromatic carbocycles. The van der Waals surface area contributed by atoms with E-state index in [0.717, 1.165) is 0 Å². The van der Waals surface area contributed by atoms with Gasteiger partial charge in [0.2, 0.25) is 0 Å². The van der Waals surface area contributed by atoms with E-state index in [-0.39, 0.29) is 12.1 Å². The average Bonchev–Trinajstić information content (AvgIpc) is 2.70. The summed E-state index contributed by atoms with van der Waals surface area (Å²) in [6.45, 7) is 0.178. The van der Waals surface area contributed by atoms with Gasteiger partial charge in [0.1, 0.15) is 24.3 Å². The minimum atomic E-state index is -0.789. The second kappa shape index (κ2) is 4.36. The first-order valence-corrected chi connectivity index (χ1v) is 4.70. The van der Waals surface area contributed by atoms with Crippen LogP contribution in [0.3, 0.4) is 0 Å². The van der Waals surface area contributed by atoms with Crippen molar-refractivity contribution in [1.29, 1.82) is 0 Å². The standard InChI is InChI=1S/C10H10F2N4/c11-7-2-1-3-8(12)10(7)9(13)4-16-6-14-5-15-16/h1-3,5-6,9H,4,13H2. The van der Waals surface area contributed by atoms with E-state index in [1.165, 1.54) is 35.5 Å². The lowest BCUT2D eigenvalue weighted by molar-refractivity contribution is 0.471. The quantitative estimate of drug-likeness (QED) is 0.853. The molecule has 0 aliphatic carbocycles. The van der Waals surface area contributed by atoms with Crippen molar-refractivity contribution in [3.63, 3.8) is 0 Å². The molecule has 0 bridgehead atoms. The largest absolute Gasteiger partial charge is 0.322 e. The Kier molecular flexibility index (Phi) is 2.91. The van der Waals surface area contributed by atoms with Crippen LogP contribution in [-0.2, 0) is 6.54 Å². The zero-order valence-corrected chi connectivity index (χ0v) is 8.35. The van der Waals surface area contributed by atoms with Crippen LogP contribution in [0.4, 0.5) is 8.78 Å². The van der Waals surface area contributed by atoms with Crippen LogP contribution in [0.1, 0.15) is 11.6 Å². The summed E-state index contributed by atoms with van der Waals surface area (Å²) in [5.41, 5.74) is 5.59. The molecule has 2 rings (SSSR count). The van der Waals surface area contributed by atoms with Crippen LogP contribution in [0.5, 0.6) is 0 Å². The van der Waals surface area contributed by atoms with E-state index in [1.807, 2.05) is 0 Å². The van der Waals surface area contributed by atoms with Crippen molar-refractivity contribution in [1.82, 2.24) is 14.8 Å². The fourth-order valence-electron chi connectivity index (χ4n) is 1.48. The van der Waals surface area contributed by atoms with Gasteiger partial charge in [-0.05, 0) is 12.1 Å². The van der Waals surface area contributed by atoms with Gasteiger partial charge in [0.15, 0.2) is 0 Å². The summed E-state index contributed by atoms with van der Waals surface area (Å²) in [7, 11) is 0. The first-order chi connectivity index (χ1) is 7.68. The third-order valence-corrected chi connectivity index (χ3v) is 2.22. The molecule has 0 radical (unpaired) electrons. The van der Waals surface area contributed by atoms with Crippen LogP contribution in [0.25, 0.3) is 0 Å². The Morgan fingerprint density at radius 3 is 2.56 bits per heavy atom. The molecule has 1 heterocycles. The fourth-order valence-corrected chi connectivity index (χ4v) is 1.48. The lowest BCUT2D eigenvalue weighted by Crippen LogP contribution is -2.20. The predicted molar refractivity (Wildman–Crippen MR) is 53.3 cm³/mol. The van der Waals surface area contributed by atoms with E-state index in [9.17, 15) is 8.78 Å². The highest BCUT2D eigenvalue weighted by Gasteiger charge is 2.16. The molecular weight excluding hydrogens is 214 g/mol. The monoisotopic (exact) mass is 224 g/mol. The topological polar surface area (TPSA) is 56.7 Å². The molecule has 0 fully saturated rings. The highest BCUT2D eigenvalue weighted by molar-refractivity contribution is 5.22. The molecule has 0 amide bonds. The summed E-state index contributed by atoms with van der Waals surface area (Å²) in [6, 6.07) is 2.87. The summed E-state index contributed by atoms with van der Waals surface area (Å²) in [5.74, 6) is -1.29. The maximum absolute atomic E-state index is 13.4. The van der Waals surface area contributed by atoms with Gasteiger partial charge in [-0.3, -0.25) is 4.68 Å². The van der Waals surface area contributed by atoms with Crippen molar-refractivity contribution in [2.45, 2.75) is 12.6 Å². The number of nitrogens with zero attached hydrogens (tertiary/aromatic N) is 3. The van der Waals surface area contributed by atoms with E-state index < -0.39 is 17.7 Å². The summed E-state index contributed by atoms with van der Waals surface area (Å²) < 4.78 is 28.2. The van der Waals surface area contributed by atoms with Crippen molar-refractivity contribution in [2.24, 2.45) is 5.73 Å². The van der Waals surface area contributed by atoms with E-state index in [0.29, 0.717) is 0 Å². The Morgan fingerprint density at radius 2 is 2.00 bits per heavy atom. The second-order valence-corrected chi connectivity index (χ2v) is 3.36. The molecule has 0 aliphatic heterocycles. The van der Waals surface area contributed by atoms with E-state index >= 15 is 0 Å². The SMILES string of the molecule is NC(Cn1cncn1)c1c(F)cccc1F. The Balaban J connectivity index is 2.24. The molecule has 2 N–H and O–H groups in total. The van der Waals surface area contributed by atoms with Gasteiger partial charge >= 0.3 is 0 Å². The Hall–Kier alpha value is -1.82. The summed E-state index contributed by atoms with van der Waals surface area (Å²) in [4.78, 5) is 3.72.